The monoisotopic (exact) mass is 403 g/mol. The van der Waals surface area contributed by atoms with Crippen LogP contribution in [-0.4, -0.2) is 36.3 Å². The minimum Gasteiger partial charge on any atom is -0.411 e. The SMILES string of the molecule is C[Si](C)(C)OC1C(CBr)N=C(c2ccccc2)C1Br. The summed E-state index contributed by atoms with van der Waals surface area (Å²) in [5, 5.41) is 0.834. The molecule has 0 radical (unpaired) electrons. The predicted molar refractivity (Wildman–Crippen MR) is 91.5 cm³/mol. The van der Waals surface area contributed by atoms with E-state index in [1.165, 1.54) is 5.56 Å². The van der Waals surface area contributed by atoms with E-state index in [0.717, 1.165) is 11.0 Å². The van der Waals surface area contributed by atoms with E-state index in [-0.39, 0.29) is 17.0 Å². The van der Waals surface area contributed by atoms with E-state index in [0.29, 0.717) is 0 Å². The number of aliphatic imine (C=N–C) groups is 1. The van der Waals surface area contributed by atoms with Gasteiger partial charge in [-0.25, -0.2) is 0 Å². The Balaban J connectivity index is 2.24. The van der Waals surface area contributed by atoms with E-state index in [1.807, 2.05) is 18.2 Å². The lowest BCUT2D eigenvalue weighted by atomic mass is 10.1. The molecule has 1 aromatic rings. The van der Waals surface area contributed by atoms with Crippen molar-refractivity contribution in [3.63, 3.8) is 0 Å². The summed E-state index contributed by atoms with van der Waals surface area (Å²) in [4.78, 5) is 5.01. The molecule has 0 fully saturated rings. The maximum atomic E-state index is 6.31. The lowest BCUT2D eigenvalue weighted by Crippen LogP contribution is -2.42. The fourth-order valence-corrected chi connectivity index (χ4v) is 4.85. The van der Waals surface area contributed by atoms with Gasteiger partial charge in [-0.05, 0) is 25.2 Å². The Kier molecular flexibility index (Phi) is 5.03. The van der Waals surface area contributed by atoms with Gasteiger partial charge in [0.05, 0.1) is 22.7 Å². The molecule has 0 aromatic heterocycles. The Labute approximate surface area is 133 Å². The molecular formula is C14H19Br2NOSi. The average molecular weight is 405 g/mol. The summed E-state index contributed by atoms with van der Waals surface area (Å²) in [5.41, 5.74) is 2.28. The van der Waals surface area contributed by atoms with Crippen LogP contribution in [0.25, 0.3) is 0 Å². The largest absolute Gasteiger partial charge is 0.411 e. The number of hydrogen-bond acceptors (Lipinski definition) is 2. The Hall–Kier alpha value is 0.0269. The van der Waals surface area contributed by atoms with Gasteiger partial charge in [-0.15, -0.1) is 0 Å². The normalized spacial score (nSPS) is 27.4. The van der Waals surface area contributed by atoms with Gasteiger partial charge in [0.25, 0.3) is 0 Å². The van der Waals surface area contributed by atoms with Gasteiger partial charge in [0.1, 0.15) is 0 Å². The van der Waals surface area contributed by atoms with Crippen LogP contribution in [0.1, 0.15) is 5.56 Å². The van der Waals surface area contributed by atoms with E-state index < -0.39 is 8.32 Å². The summed E-state index contributed by atoms with van der Waals surface area (Å²) >= 11 is 7.35. The highest BCUT2D eigenvalue weighted by molar-refractivity contribution is 9.10. The molecule has 1 aromatic carbocycles. The highest BCUT2D eigenvalue weighted by atomic mass is 79.9. The summed E-state index contributed by atoms with van der Waals surface area (Å²) in [7, 11) is -1.58. The van der Waals surface area contributed by atoms with Gasteiger partial charge >= 0.3 is 0 Å². The molecule has 1 heterocycles. The summed E-state index contributed by atoms with van der Waals surface area (Å²) in [6.07, 6.45) is 0.126. The number of hydrogen-bond donors (Lipinski definition) is 0. The molecule has 0 bridgehead atoms. The fraction of sp³-hybridized carbons (Fsp3) is 0.500. The number of rotatable bonds is 4. The van der Waals surface area contributed by atoms with Gasteiger partial charge in [-0.3, -0.25) is 4.99 Å². The van der Waals surface area contributed by atoms with Crippen LogP contribution in [-0.2, 0) is 4.43 Å². The number of nitrogens with zero attached hydrogens (tertiary/aromatic N) is 1. The van der Waals surface area contributed by atoms with Crippen LogP contribution in [0.2, 0.25) is 19.6 Å². The molecule has 2 rings (SSSR count). The molecule has 0 saturated heterocycles. The second kappa shape index (κ2) is 6.20. The molecule has 0 N–H and O–H groups in total. The molecule has 19 heavy (non-hydrogen) atoms. The van der Waals surface area contributed by atoms with Crippen molar-refractivity contribution in [1.82, 2.24) is 0 Å². The summed E-state index contributed by atoms with van der Waals surface area (Å²) in [6, 6.07) is 10.5. The van der Waals surface area contributed by atoms with Crippen LogP contribution in [0.4, 0.5) is 0 Å². The van der Waals surface area contributed by atoms with Gasteiger partial charge < -0.3 is 4.43 Å². The van der Waals surface area contributed by atoms with Gasteiger partial charge in [-0.2, -0.15) is 0 Å². The Bertz CT molecular complexity index is 458. The first-order valence-electron chi connectivity index (χ1n) is 6.43. The first-order chi connectivity index (χ1) is 8.92. The topological polar surface area (TPSA) is 21.6 Å². The summed E-state index contributed by atoms with van der Waals surface area (Å²) in [5.74, 6) is 0. The van der Waals surface area contributed by atoms with Crippen LogP contribution in [0.15, 0.2) is 35.3 Å². The number of alkyl halides is 2. The molecule has 104 valence electrons. The maximum Gasteiger partial charge on any atom is 0.184 e. The highest BCUT2D eigenvalue weighted by Gasteiger charge is 2.40. The number of benzene rings is 1. The quantitative estimate of drug-likeness (QED) is 0.543. The van der Waals surface area contributed by atoms with E-state index >= 15 is 0 Å². The van der Waals surface area contributed by atoms with Crippen LogP contribution in [0.5, 0.6) is 0 Å². The fourth-order valence-electron chi connectivity index (χ4n) is 2.19. The molecule has 3 unspecified atom stereocenters. The predicted octanol–water partition coefficient (Wildman–Crippen LogP) is 4.24. The molecule has 5 heteroatoms. The van der Waals surface area contributed by atoms with Crippen molar-refractivity contribution in [3.05, 3.63) is 35.9 Å². The molecular weight excluding hydrogens is 386 g/mol. The summed E-state index contributed by atoms with van der Waals surface area (Å²) in [6.45, 7) is 6.66. The molecule has 0 saturated carbocycles. The van der Waals surface area contributed by atoms with Crippen molar-refractivity contribution in [3.8, 4) is 0 Å². The molecule has 0 aliphatic carbocycles. The smallest absolute Gasteiger partial charge is 0.184 e. The third-order valence-corrected chi connectivity index (χ3v) is 5.55. The minimum atomic E-state index is -1.58. The van der Waals surface area contributed by atoms with Gasteiger partial charge in [0.2, 0.25) is 0 Å². The standard InChI is InChI=1S/C14H19Br2NOSi/c1-19(2,3)18-14-11(9-15)17-13(12(14)16)10-7-5-4-6-8-10/h4-8,11-12,14H,9H2,1-3H3. The zero-order chi connectivity index (χ0) is 14.0. The van der Waals surface area contributed by atoms with Crippen molar-refractivity contribution in [1.29, 1.82) is 0 Å². The molecule has 1 aliphatic heterocycles. The van der Waals surface area contributed by atoms with Crippen LogP contribution in [0, 0.1) is 0 Å². The minimum absolute atomic E-state index is 0.126. The Morgan fingerprint density at radius 3 is 2.37 bits per heavy atom. The van der Waals surface area contributed by atoms with E-state index in [9.17, 15) is 0 Å². The van der Waals surface area contributed by atoms with Crippen LogP contribution >= 0.6 is 31.9 Å². The van der Waals surface area contributed by atoms with Gasteiger partial charge in [0, 0.05) is 5.33 Å². The van der Waals surface area contributed by atoms with E-state index in [2.05, 4.69) is 63.6 Å². The van der Waals surface area contributed by atoms with Gasteiger partial charge in [-0.1, -0.05) is 62.2 Å². The van der Waals surface area contributed by atoms with Crippen molar-refractivity contribution in [2.24, 2.45) is 4.99 Å². The lowest BCUT2D eigenvalue weighted by molar-refractivity contribution is 0.196. The zero-order valence-electron chi connectivity index (χ0n) is 11.4. The third kappa shape index (κ3) is 3.77. The van der Waals surface area contributed by atoms with E-state index in [4.69, 9.17) is 9.42 Å². The third-order valence-electron chi connectivity index (χ3n) is 2.95. The maximum absolute atomic E-state index is 6.31. The first kappa shape index (κ1) is 15.4. The van der Waals surface area contributed by atoms with Crippen LogP contribution < -0.4 is 0 Å². The average Bonchev–Trinajstić information content (AvgIpc) is 2.66. The molecule has 0 amide bonds. The van der Waals surface area contributed by atoms with Gasteiger partial charge in [0.15, 0.2) is 8.32 Å². The molecule has 2 nitrogen and oxygen atoms in total. The van der Waals surface area contributed by atoms with Crippen molar-refractivity contribution >= 4 is 45.9 Å². The van der Waals surface area contributed by atoms with Crippen molar-refractivity contribution in [2.45, 2.75) is 36.6 Å². The lowest BCUT2D eigenvalue weighted by Gasteiger charge is -2.28. The molecule has 3 atom stereocenters. The molecule has 0 spiro atoms. The first-order valence-corrected chi connectivity index (χ1v) is 11.9. The Morgan fingerprint density at radius 1 is 1.21 bits per heavy atom. The summed E-state index contributed by atoms with van der Waals surface area (Å²) < 4.78 is 6.31. The number of halogens is 2. The molecule has 1 aliphatic rings. The second-order valence-corrected chi connectivity index (χ2v) is 11.8. The second-order valence-electron chi connectivity index (χ2n) is 5.70. The van der Waals surface area contributed by atoms with E-state index in [1.54, 1.807) is 0 Å². The van der Waals surface area contributed by atoms with Crippen molar-refractivity contribution < 1.29 is 4.43 Å². The highest BCUT2D eigenvalue weighted by Crippen LogP contribution is 2.31. The van der Waals surface area contributed by atoms with Crippen molar-refractivity contribution in [2.75, 3.05) is 5.33 Å². The zero-order valence-corrected chi connectivity index (χ0v) is 15.6. The Morgan fingerprint density at radius 2 is 1.84 bits per heavy atom. The van der Waals surface area contributed by atoms with Crippen LogP contribution in [0.3, 0.4) is 0 Å².